The number of nitriles is 1. The van der Waals surface area contributed by atoms with Gasteiger partial charge >= 0.3 is 5.82 Å². The summed E-state index contributed by atoms with van der Waals surface area (Å²) in [4.78, 5) is 10.1. The van der Waals surface area contributed by atoms with E-state index in [1.54, 1.807) is 31.2 Å². The first-order valence-corrected chi connectivity index (χ1v) is 5.88. The van der Waals surface area contributed by atoms with Crippen LogP contribution in [0.2, 0.25) is 0 Å². The van der Waals surface area contributed by atoms with Gasteiger partial charge in [-0.05, 0) is 29.5 Å². The second-order valence-electron chi connectivity index (χ2n) is 4.33. The number of rotatable bonds is 4. The highest BCUT2D eigenvalue weighted by Gasteiger charge is 2.18. The van der Waals surface area contributed by atoms with Crippen molar-refractivity contribution in [3.63, 3.8) is 0 Å². The van der Waals surface area contributed by atoms with Crippen LogP contribution in [0.15, 0.2) is 30.3 Å². The summed E-state index contributed by atoms with van der Waals surface area (Å²) in [7, 11) is 0. The number of hydrogen-bond donors (Lipinski definition) is 1. The fraction of sp³-hybridized carbons (Fsp3) is 0.231. The van der Waals surface area contributed by atoms with Crippen molar-refractivity contribution in [3.05, 3.63) is 57.3 Å². The van der Waals surface area contributed by atoms with Crippen LogP contribution in [0, 0.1) is 28.4 Å². The molecule has 0 saturated carbocycles. The zero-order valence-electron chi connectivity index (χ0n) is 10.7. The molecule has 0 spiro atoms. The minimum absolute atomic E-state index is 0.117. The number of aliphatic hydroxyl groups is 1. The molecule has 1 aromatic heterocycles. The minimum Gasteiger partial charge on any atom is -0.386 e. The van der Waals surface area contributed by atoms with Crippen molar-refractivity contribution in [1.82, 2.24) is 9.78 Å². The molecule has 0 aliphatic rings. The number of hydrogen-bond acceptors (Lipinski definition) is 5. The smallest absolute Gasteiger partial charge is 0.386 e. The molecule has 0 amide bonds. The van der Waals surface area contributed by atoms with Gasteiger partial charge in [0.15, 0.2) is 0 Å². The van der Waals surface area contributed by atoms with Crippen LogP contribution < -0.4 is 0 Å². The summed E-state index contributed by atoms with van der Waals surface area (Å²) < 4.78 is 1.39. The number of nitrogens with zero attached hydrogens (tertiary/aromatic N) is 4. The molecule has 0 fully saturated rings. The minimum atomic E-state index is -0.846. The number of aryl methyl sites for hydroxylation is 1. The second kappa shape index (κ2) is 5.50. The van der Waals surface area contributed by atoms with Crippen LogP contribution >= 0.6 is 0 Å². The molecule has 1 atom stereocenters. The Labute approximate surface area is 114 Å². The van der Waals surface area contributed by atoms with Crippen molar-refractivity contribution in [3.8, 4) is 6.07 Å². The molecule has 0 unspecified atom stereocenters. The van der Waals surface area contributed by atoms with E-state index in [1.807, 2.05) is 6.07 Å². The van der Waals surface area contributed by atoms with Crippen molar-refractivity contribution < 1.29 is 10.0 Å². The van der Waals surface area contributed by atoms with Crippen molar-refractivity contribution in [2.24, 2.45) is 0 Å². The fourth-order valence-electron chi connectivity index (χ4n) is 1.82. The van der Waals surface area contributed by atoms with E-state index < -0.39 is 11.0 Å². The first-order chi connectivity index (χ1) is 9.51. The van der Waals surface area contributed by atoms with Gasteiger partial charge in [-0.2, -0.15) is 9.94 Å². The van der Waals surface area contributed by atoms with Gasteiger partial charge in [0, 0.05) is 0 Å². The van der Waals surface area contributed by atoms with Gasteiger partial charge in [-0.3, -0.25) is 0 Å². The van der Waals surface area contributed by atoms with Crippen molar-refractivity contribution in [1.29, 1.82) is 5.26 Å². The van der Waals surface area contributed by atoms with Gasteiger partial charge in [-0.25, -0.2) is 0 Å². The van der Waals surface area contributed by atoms with Gasteiger partial charge in [0.25, 0.3) is 0 Å². The average molecular weight is 272 g/mol. The van der Waals surface area contributed by atoms with E-state index in [-0.39, 0.29) is 12.4 Å². The van der Waals surface area contributed by atoms with Gasteiger partial charge < -0.3 is 15.2 Å². The average Bonchev–Trinajstić information content (AvgIpc) is 2.80. The predicted octanol–water partition coefficient (Wildman–Crippen LogP) is 1.70. The maximum Gasteiger partial charge on any atom is 0.390 e. The van der Waals surface area contributed by atoms with Gasteiger partial charge in [-0.15, -0.1) is 0 Å². The Balaban J connectivity index is 2.16. The van der Waals surface area contributed by atoms with Crippen LogP contribution in [0.1, 0.15) is 22.9 Å². The second-order valence-corrected chi connectivity index (χ2v) is 4.33. The zero-order valence-corrected chi connectivity index (χ0v) is 10.7. The highest BCUT2D eigenvalue weighted by atomic mass is 16.6. The van der Waals surface area contributed by atoms with Crippen LogP contribution in [-0.2, 0) is 6.54 Å². The van der Waals surface area contributed by atoms with E-state index in [0.717, 1.165) is 0 Å². The molecule has 0 saturated heterocycles. The zero-order chi connectivity index (χ0) is 14.7. The molecule has 20 heavy (non-hydrogen) atoms. The fourth-order valence-corrected chi connectivity index (χ4v) is 1.82. The molecule has 2 aromatic rings. The summed E-state index contributed by atoms with van der Waals surface area (Å²) in [5.41, 5.74) is 1.73. The molecule has 1 heterocycles. The largest absolute Gasteiger partial charge is 0.390 e. The maximum atomic E-state index is 10.6. The Morgan fingerprint density at radius 1 is 1.50 bits per heavy atom. The maximum absolute atomic E-state index is 10.6. The normalized spacial score (nSPS) is 11.8. The first-order valence-electron chi connectivity index (χ1n) is 5.88. The van der Waals surface area contributed by atoms with Crippen LogP contribution in [-0.4, -0.2) is 19.8 Å². The third kappa shape index (κ3) is 2.81. The Morgan fingerprint density at radius 2 is 2.15 bits per heavy atom. The number of benzene rings is 1. The van der Waals surface area contributed by atoms with Crippen LogP contribution in [0.3, 0.4) is 0 Å². The Morgan fingerprint density at radius 3 is 2.65 bits per heavy atom. The summed E-state index contributed by atoms with van der Waals surface area (Å²) in [5.74, 6) is -0.241. The molecular formula is C13H12N4O3. The van der Waals surface area contributed by atoms with Gasteiger partial charge in [0.2, 0.25) is 0 Å². The van der Waals surface area contributed by atoms with Crippen molar-refractivity contribution in [2.45, 2.75) is 19.6 Å². The van der Waals surface area contributed by atoms with Gasteiger partial charge in [0.1, 0.15) is 6.10 Å². The van der Waals surface area contributed by atoms with Crippen LogP contribution in [0.25, 0.3) is 0 Å². The molecule has 0 aliphatic heterocycles. The van der Waals surface area contributed by atoms with E-state index in [9.17, 15) is 15.2 Å². The van der Waals surface area contributed by atoms with E-state index in [2.05, 4.69) is 5.10 Å². The third-order valence-corrected chi connectivity index (χ3v) is 2.93. The van der Waals surface area contributed by atoms with Gasteiger partial charge in [-0.1, -0.05) is 12.1 Å². The van der Waals surface area contributed by atoms with Crippen LogP contribution in [0.5, 0.6) is 0 Å². The topological polar surface area (TPSA) is 105 Å². The molecule has 2 rings (SSSR count). The molecule has 102 valence electrons. The molecule has 7 nitrogen and oxygen atoms in total. The lowest BCUT2D eigenvalue weighted by molar-refractivity contribution is -0.389. The number of aromatic nitrogens is 2. The predicted molar refractivity (Wildman–Crippen MR) is 69.7 cm³/mol. The molecular weight excluding hydrogens is 260 g/mol. The van der Waals surface area contributed by atoms with Crippen LogP contribution in [0.4, 0.5) is 5.82 Å². The lowest BCUT2D eigenvalue weighted by Crippen LogP contribution is -2.11. The lowest BCUT2D eigenvalue weighted by atomic mass is 10.1. The molecule has 1 aromatic carbocycles. The Kier molecular flexibility index (Phi) is 3.77. The number of aliphatic hydroxyl groups excluding tert-OH is 1. The molecule has 0 radical (unpaired) electrons. The van der Waals surface area contributed by atoms with Crippen molar-refractivity contribution in [2.75, 3.05) is 0 Å². The molecule has 0 aliphatic carbocycles. The third-order valence-electron chi connectivity index (χ3n) is 2.93. The van der Waals surface area contributed by atoms with E-state index >= 15 is 0 Å². The molecule has 7 heteroatoms. The summed E-state index contributed by atoms with van der Waals surface area (Å²) in [6.07, 6.45) is -0.846. The van der Waals surface area contributed by atoms with E-state index in [4.69, 9.17) is 5.26 Å². The highest BCUT2D eigenvalue weighted by molar-refractivity contribution is 5.32. The monoisotopic (exact) mass is 272 g/mol. The SMILES string of the molecule is Cc1cc([N+](=O)[O-])nn1C[C@@H](O)c1ccc(C#N)cc1. The van der Waals surface area contributed by atoms with Gasteiger partial charge in [0.05, 0.1) is 35.0 Å². The Bertz CT molecular complexity index is 670. The number of nitro groups is 1. The van der Waals surface area contributed by atoms with E-state index in [0.29, 0.717) is 16.8 Å². The molecule has 1 N–H and O–H groups in total. The van der Waals surface area contributed by atoms with E-state index in [1.165, 1.54) is 10.7 Å². The summed E-state index contributed by atoms with van der Waals surface area (Å²) in [5, 5.41) is 33.2. The summed E-state index contributed by atoms with van der Waals surface area (Å²) in [6.45, 7) is 1.80. The quantitative estimate of drug-likeness (QED) is 0.673. The summed E-state index contributed by atoms with van der Waals surface area (Å²) >= 11 is 0. The summed E-state index contributed by atoms with van der Waals surface area (Å²) in [6, 6.07) is 9.86. The molecule has 0 bridgehead atoms. The lowest BCUT2D eigenvalue weighted by Gasteiger charge is -2.10. The first kappa shape index (κ1) is 13.7. The standard InChI is InChI=1S/C13H12N4O3/c1-9-6-13(17(19)20)15-16(9)8-12(18)11-4-2-10(7-14)3-5-11/h2-6,12,18H,8H2,1H3/t12-/m1/s1. The Hall–Kier alpha value is -2.72. The highest BCUT2D eigenvalue weighted by Crippen LogP contribution is 2.18. The van der Waals surface area contributed by atoms with Crippen molar-refractivity contribution >= 4 is 5.82 Å².